The summed E-state index contributed by atoms with van der Waals surface area (Å²) < 4.78 is 2.14. The van der Waals surface area contributed by atoms with Crippen molar-refractivity contribution in [2.45, 2.75) is 64.1 Å². The van der Waals surface area contributed by atoms with Gasteiger partial charge in [0.15, 0.2) is 5.16 Å². The number of aromatic nitrogens is 2. The molecular weight excluding hydrogens is 380 g/mol. The highest BCUT2D eigenvalue weighted by atomic mass is 35.5. The van der Waals surface area contributed by atoms with E-state index in [1.807, 2.05) is 30.5 Å². The monoisotopic (exact) mass is 408 g/mol. The third-order valence-corrected chi connectivity index (χ3v) is 6.15. The Morgan fingerprint density at radius 2 is 2.04 bits per heavy atom. The molecule has 0 fully saturated rings. The van der Waals surface area contributed by atoms with Crippen LogP contribution in [0.1, 0.15) is 57.2 Å². The van der Waals surface area contributed by atoms with Gasteiger partial charge < -0.3 is 9.67 Å². The van der Waals surface area contributed by atoms with Crippen molar-refractivity contribution in [3.05, 3.63) is 46.7 Å². The van der Waals surface area contributed by atoms with E-state index in [4.69, 9.17) is 11.6 Å². The number of halogens is 1. The predicted octanol–water partition coefficient (Wildman–Crippen LogP) is 5.91. The predicted molar refractivity (Wildman–Crippen MR) is 113 cm³/mol. The molecular formula is C21H29ClN2O2S. The van der Waals surface area contributed by atoms with Gasteiger partial charge in [0.1, 0.15) is 0 Å². The van der Waals surface area contributed by atoms with Crippen LogP contribution in [0.25, 0.3) is 0 Å². The van der Waals surface area contributed by atoms with E-state index in [0.29, 0.717) is 19.4 Å². The molecule has 148 valence electrons. The summed E-state index contributed by atoms with van der Waals surface area (Å²) in [6.07, 6.45) is 7.22. The van der Waals surface area contributed by atoms with E-state index in [2.05, 4.69) is 23.4 Å². The first-order chi connectivity index (χ1) is 13.1. The van der Waals surface area contributed by atoms with E-state index in [9.17, 15) is 9.90 Å². The molecule has 2 aromatic rings. The number of unbranched alkanes of at least 4 members (excludes halogenated alkanes) is 2. The quantitative estimate of drug-likeness (QED) is 0.350. The Balaban J connectivity index is 2.25. The van der Waals surface area contributed by atoms with Crippen molar-refractivity contribution in [3.63, 3.8) is 0 Å². The number of rotatable bonds is 12. The Bertz CT molecular complexity index is 733. The normalized spacial score (nSPS) is 12.3. The van der Waals surface area contributed by atoms with Gasteiger partial charge in [-0.25, -0.2) is 4.98 Å². The molecule has 4 nitrogen and oxygen atoms in total. The molecule has 1 aromatic carbocycles. The number of thioether (sulfide) groups is 1. The maximum atomic E-state index is 11.7. The Morgan fingerprint density at radius 1 is 1.26 bits per heavy atom. The van der Waals surface area contributed by atoms with Gasteiger partial charge in [0.05, 0.1) is 12.5 Å². The van der Waals surface area contributed by atoms with E-state index >= 15 is 0 Å². The molecule has 27 heavy (non-hydrogen) atoms. The zero-order valence-corrected chi connectivity index (χ0v) is 17.7. The van der Waals surface area contributed by atoms with Gasteiger partial charge in [-0.1, -0.05) is 74.7 Å². The maximum Gasteiger partial charge on any atom is 0.306 e. The molecule has 0 saturated heterocycles. The lowest BCUT2D eigenvalue weighted by molar-refractivity contribution is -0.142. The fourth-order valence-corrected chi connectivity index (χ4v) is 4.08. The number of benzene rings is 1. The smallest absolute Gasteiger partial charge is 0.306 e. The number of carbonyl (C=O) groups is 1. The molecule has 1 unspecified atom stereocenters. The molecule has 2 rings (SSSR count). The van der Waals surface area contributed by atoms with E-state index in [0.717, 1.165) is 52.9 Å². The summed E-state index contributed by atoms with van der Waals surface area (Å²) >= 11 is 8.07. The van der Waals surface area contributed by atoms with Gasteiger partial charge in [-0.05, 0) is 24.5 Å². The number of carboxylic acid groups (broad SMARTS) is 1. The van der Waals surface area contributed by atoms with Crippen LogP contribution in [-0.4, -0.2) is 26.4 Å². The largest absolute Gasteiger partial charge is 0.481 e. The van der Waals surface area contributed by atoms with Crippen molar-refractivity contribution in [2.24, 2.45) is 5.92 Å². The molecule has 1 N–H and O–H groups in total. The van der Waals surface area contributed by atoms with Gasteiger partial charge in [0, 0.05) is 29.1 Å². The summed E-state index contributed by atoms with van der Waals surface area (Å²) in [5, 5.41) is 11.3. The summed E-state index contributed by atoms with van der Waals surface area (Å²) in [7, 11) is 0. The molecule has 0 aliphatic heterocycles. The fraction of sp³-hybridized carbons (Fsp3) is 0.524. The lowest BCUT2D eigenvalue weighted by Gasteiger charge is -2.16. The SMILES string of the molecule is CCCCCC(Cc1cnc(SCCC)n1Cc1ccccc1Cl)C(=O)O. The second-order valence-corrected chi connectivity index (χ2v) is 8.26. The summed E-state index contributed by atoms with van der Waals surface area (Å²) in [5.41, 5.74) is 1.99. The molecule has 0 saturated carbocycles. The molecule has 6 heteroatoms. The fourth-order valence-electron chi connectivity index (χ4n) is 3.04. The van der Waals surface area contributed by atoms with Crippen LogP contribution in [0.4, 0.5) is 0 Å². The summed E-state index contributed by atoms with van der Waals surface area (Å²) in [4.78, 5) is 16.3. The average molecular weight is 409 g/mol. The van der Waals surface area contributed by atoms with Crippen LogP contribution < -0.4 is 0 Å². The number of hydrogen-bond acceptors (Lipinski definition) is 3. The van der Waals surface area contributed by atoms with Crippen LogP contribution in [0.2, 0.25) is 5.02 Å². The third kappa shape index (κ3) is 6.58. The number of imidazole rings is 1. The minimum atomic E-state index is -0.723. The van der Waals surface area contributed by atoms with Gasteiger partial charge in [-0.2, -0.15) is 0 Å². The van der Waals surface area contributed by atoms with Gasteiger partial charge in [0.2, 0.25) is 0 Å². The lowest BCUT2D eigenvalue weighted by Crippen LogP contribution is -2.19. The highest BCUT2D eigenvalue weighted by Crippen LogP contribution is 2.26. The molecule has 0 bridgehead atoms. The first-order valence-electron chi connectivity index (χ1n) is 9.70. The van der Waals surface area contributed by atoms with Crippen LogP contribution in [0.3, 0.4) is 0 Å². The molecule has 0 spiro atoms. The van der Waals surface area contributed by atoms with E-state index < -0.39 is 5.97 Å². The van der Waals surface area contributed by atoms with Crippen molar-refractivity contribution in [1.82, 2.24) is 9.55 Å². The molecule has 0 aliphatic carbocycles. The van der Waals surface area contributed by atoms with Crippen molar-refractivity contribution >= 4 is 29.3 Å². The number of nitrogens with zero attached hydrogens (tertiary/aromatic N) is 2. The van der Waals surface area contributed by atoms with Crippen LogP contribution in [0.5, 0.6) is 0 Å². The highest BCUT2D eigenvalue weighted by molar-refractivity contribution is 7.99. The Labute approximate surface area is 171 Å². The minimum absolute atomic E-state index is 0.373. The van der Waals surface area contributed by atoms with E-state index in [1.165, 1.54) is 0 Å². The van der Waals surface area contributed by atoms with Crippen molar-refractivity contribution < 1.29 is 9.90 Å². The Morgan fingerprint density at radius 3 is 2.70 bits per heavy atom. The van der Waals surface area contributed by atoms with Gasteiger partial charge in [0.25, 0.3) is 0 Å². The van der Waals surface area contributed by atoms with Crippen LogP contribution in [0, 0.1) is 5.92 Å². The molecule has 0 aliphatic rings. The maximum absolute atomic E-state index is 11.7. The van der Waals surface area contributed by atoms with E-state index in [1.54, 1.807) is 11.8 Å². The molecule has 1 heterocycles. The molecule has 0 radical (unpaired) electrons. The first-order valence-corrected chi connectivity index (χ1v) is 11.1. The molecule has 1 atom stereocenters. The highest BCUT2D eigenvalue weighted by Gasteiger charge is 2.21. The number of carboxylic acids is 1. The third-order valence-electron chi connectivity index (χ3n) is 4.58. The summed E-state index contributed by atoms with van der Waals surface area (Å²) in [5.74, 6) is -0.112. The molecule has 1 aromatic heterocycles. The summed E-state index contributed by atoms with van der Waals surface area (Å²) in [6, 6.07) is 7.79. The van der Waals surface area contributed by atoms with Crippen LogP contribution in [-0.2, 0) is 17.8 Å². The topological polar surface area (TPSA) is 55.1 Å². The van der Waals surface area contributed by atoms with Crippen LogP contribution >= 0.6 is 23.4 Å². The van der Waals surface area contributed by atoms with Crippen molar-refractivity contribution in [3.8, 4) is 0 Å². The van der Waals surface area contributed by atoms with Gasteiger partial charge in [-0.3, -0.25) is 4.79 Å². The van der Waals surface area contributed by atoms with Gasteiger partial charge in [-0.15, -0.1) is 0 Å². The second kappa shape index (κ2) is 11.4. The van der Waals surface area contributed by atoms with Gasteiger partial charge >= 0.3 is 5.97 Å². The number of hydrogen-bond donors (Lipinski definition) is 1. The van der Waals surface area contributed by atoms with Crippen LogP contribution in [0.15, 0.2) is 35.6 Å². The number of aliphatic carboxylic acids is 1. The second-order valence-electron chi connectivity index (χ2n) is 6.79. The standard InChI is InChI=1S/C21H29ClN2O2S/c1-3-5-6-9-16(20(25)26)13-18-14-23-21(27-12-4-2)24(18)15-17-10-7-8-11-19(17)22/h7-8,10-11,14,16H,3-6,9,12-13,15H2,1-2H3,(H,25,26). The van der Waals surface area contributed by atoms with Crippen molar-refractivity contribution in [1.29, 1.82) is 0 Å². The van der Waals surface area contributed by atoms with Crippen molar-refractivity contribution in [2.75, 3.05) is 5.75 Å². The average Bonchev–Trinajstić information content (AvgIpc) is 3.02. The molecule has 0 amide bonds. The van der Waals surface area contributed by atoms with E-state index in [-0.39, 0.29) is 5.92 Å². The lowest BCUT2D eigenvalue weighted by atomic mass is 9.96. The zero-order chi connectivity index (χ0) is 19.6. The minimum Gasteiger partial charge on any atom is -0.481 e. The first kappa shape index (κ1) is 21.8. The summed E-state index contributed by atoms with van der Waals surface area (Å²) in [6.45, 7) is 4.89. The zero-order valence-electron chi connectivity index (χ0n) is 16.2. The Kier molecular flexibility index (Phi) is 9.22. The Hall–Kier alpha value is -1.46.